The summed E-state index contributed by atoms with van der Waals surface area (Å²) in [6, 6.07) is 11.6. The lowest BCUT2D eigenvalue weighted by Gasteiger charge is -2.07. The normalized spacial score (nSPS) is 10.6. The third kappa shape index (κ3) is 3.12. The fourth-order valence-electron chi connectivity index (χ4n) is 2.33. The van der Waals surface area contributed by atoms with E-state index in [0.717, 1.165) is 5.56 Å². The van der Waals surface area contributed by atoms with Crippen molar-refractivity contribution in [1.82, 2.24) is 9.38 Å². The number of pyridine rings is 1. The number of hydrogen-bond acceptors (Lipinski definition) is 5. The third-order valence-corrected chi connectivity index (χ3v) is 3.62. The van der Waals surface area contributed by atoms with Gasteiger partial charge in [0.25, 0.3) is 5.56 Å². The molecule has 0 saturated heterocycles. The van der Waals surface area contributed by atoms with Gasteiger partial charge in [-0.1, -0.05) is 6.07 Å². The Morgan fingerprint density at radius 2 is 1.96 bits per heavy atom. The van der Waals surface area contributed by atoms with Crippen molar-refractivity contribution in [3.8, 4) is 5.75 Å². The van der Waals surface area contributed by atoms with Crippen LogP contribution < -0.4 is 10.3 Å². The van der Waals surface area contributed by atoms with Crippen molar-refractivity contribution < 1.29 is 14.3 Å². The van der Waals surface area contributed by atoms with Crippen LogP contribution in [0.2, 0.25) is 0 Å². The van der Waals surface area contributed by atoms with Gasteiger partial charge < -0.3 is 9.47 Å². The molecule has 0 amide bonds. The zero-order chi connectivity index (χ0) is 17.1. The largest absolute Gasteiger partial charge is 0.497 e. The maximum Gasteiger partial charge on any atom is 0.338 e. The minimum absolute atomic E-state index is 0.0645. The molecule has 0 unspecified atom stereocenters. The van der Waals surface area contributed by atoms with Gasteiger partial charge in [-0.2, -0.15) is 0 Å². The SMILES string of the molecule is COc1ccc(C(=O)OCc2cc(=O)n3cccc(C)c3n2)cc1. The van der Waals surface area contributed by atoms with Crippen molar-refractivity contribution in [1.29, 1.82) is 0 Å². The zero-order valence-corrected chi connectivity index (χ0v) is 13.4. The number of nitrogens with zero attached hydrogens (tertiary/aromatic N) is 2. The lowest BCUT2D eigenvalue weighted by Crippen LogP contribution is -2.17. The molecule has 24 heavy (non-hydrogen) atoms. The fourth-order valence-corrected chi connectivity index (χ4v) is 2.33. The highest BCUT2D eigenvalue weighted by Gasteiger charge is 2.10. The second-order valence-corrected chi connectivity index (χ2v) is 5.28. The summed E-state index contributed by atoms with van der Waals surface area (Å²) in [7, 11) is 1.55. The summed E-state index contributed by atoms with van der Waals surface area (Å²) in [6.07, 6.45) is 1.66. The maximum atomic E-state index is 12.1. The van der Waals surface area contributed by atoms with Crippen LogP contribution in [0.1, 0.15) is 21.6 Å². The predicted octanol–water partition coefficient (Wildman–Crippen LogP) is 2.37. The smallest absolute Gasteiger partial charge is 0.338 e. The van der Waals surface area contributed by atoms with Crippen LogP contribution in [0.25, 0.3) is 5.65 Å². The van der Waals surface area contributed by atoms with Gasteiger partial charge >= 0.3 is 5.97 Å². The number of aryl methyl sites for hydroxylation is 1. The highest BCUT2D eigenvalue weighted by atomic mass is 16.5. The standard InChI is InChI=1S/C18H16N2O4/c1-12-4-3-9-20-16(21)10-14(19-17(12)20)11-24-18(22)13-5-7-15(23-2)8-6-13/h3-10H,11H2,1-2H3. The van der Waals surface area contributed by atoms with Gasteiger partial charge in [-0.05, 0) is 42.8 Å². The molecule has 3 rings (SSSR count). The van der Waals surface area contributed by atoms with Crippen molar-refractivity contribution in [2.45, 2.75) is 13.5 Å². The molecule has 3 aromatic rings. The molecule has 2 aromatic heterocycles. The minimum atomic E-state index is -0.482. The van der Waals surface area contributed by atoms with E-state index in [-0.39, 0.29) is 12.2 Å². The van der Waals surface area contributed by atoms with Crippen LogP contribution in [-0.4, -0.2) is 22.5 Å². The van der Waals surface area contributed by atoms with Crippen molar-refractivity contribution in [2.75, 3.05) is 7.11 Å². The summed E-state index contributed by atoms with van der Waals surface area (Å²) in [6.45, 7) is 1.81. The monoisotopic (exact) mass is 324 g/mol. The Labute approximate surface area is 138 Å². The van der Waals surface area contributed by atoms with Crippen LogP contribution in [-0.2, 0) is 11.3 Å². The Morgan fingerprint density at radius 3 is 2.67 bits per heavy atom. The first-order valence-corrected chi connectivity index (χ1v) is 7.37. The molecular weight excluding hydrogens is 308 g/mol. The number of aromatic nitrogens is 2. The molecule has 6 heteroatoms. The van der Waals surface area contributed by atoms with Crippen molar-refractivity contribution in [3.63, 3.8) is 0 Å². The van der Waals surface area contributed by atoms with Crippen molar-refractivity contribution in [3.05, 3.63) is 75.8 Å². The molecule has 0 aliphatic heterocycles. The topological polar surface area (TPSA) is 69.9 Å². The van der Waals surface area contributed by atoms with Crippen LogP contribution in [0.15, 0.2) is 53.5 Å². The number of carbonyl (C=O) groups excluding carboxylic acids is 1. The van der Waals surface area contributed by atoms with Crippen LogP contribution >= 0.6 is 0 Å². The average Bonchev–Trinajstić information content (AvgIpc) is 2.60. The number of rotatable bonds is 4. The molecule has 0 fully saturated rings. The van der Waals surface area contributed by atoms with Crippen molar-refractivity contribution in [2.24, 2.45) is 0 Å². The van der Waals surface area contributed by atoms with Gasteiger partial charge in [0.2, 0.25) is 0 Å². The lowest BCUT2D eigenvalue weighted by molar-refractivity contribution is 0.0467. The van der Waals surface area contributed by atoms with E-state index >= 15 is 0 Å². The molecule has 6 nitrogen and oxygen atoms in total. The van der Waals surface area contributed by atoms with E-state index in [1.165, 1.54) is 10.5 Å². The first-order valence-electron chi connectivity index (χ1n) is 7.37. The molecule has 0 bridgehead atoms. The number of methoxy groups -OCH3 is 1. The number of benzene rings is 1. The quantitative estimate of drug-likeness (QED) is 0.689. The number of fused-ring (bicyclic) bond motifs is 1. The van der Waals surface area contributed by atoms with Crippen LogP contribution in [0.5, 0.6) is 5.75 Å². The summed E-state index contributed by atoms with van der Waals surface area (Å²) in [5.74, 6) is 0.177. The molecule has 0 N–H and O–H groups in total. The summed E-state index contributed by atoms with van der Waals surface area (Å²) >= 11 is 0. The highest BCUT2D eigenvalue weighted by Crippen LogP contribution is 2.13. The molecular formula is C18H16N2O4. The van der Waals surface area contributed by atoms with Crippen LogP contribution in [0.3, 0.4) is 0 Å². The van der Waals surface area contributed by atoms with E-state index in [9.17, 15) is 9.59 Å². The first kappa shape index (κ1) is 15.7. The Hall–Kier alpha value is -3.15. The molecule has 0 spiro atoms. The third-order valence-electron chi connectivity index (χ3n) is 3.62. The summed E-state index contributed by atoms with van der Waals surface area (Å²) in [5, 5.41) is 0. The minimum Gasteiger partial charge on any atom is -0.497 e. The maximum absolute atomic E-state index is 12.1. The molecule has 0 aliphatic rings. The Kier molecular flexibility index (Phi) is 4.29. The summed E-state index contributed by atoms with van der Waals surface area (Å²) in [4.78, 5) is 28.6. The van der Waals surface area contributed by atoms with E-state index in [1.807, 2.05) is 13.0 Å². The second kappa shape index (κ2) is 6.54. The number of ether oxygens (including phenoxy) is 2. The first-order chi connectivity index (χ1) is 11.6. The highest BCUT2D eigenvalue weighted by molar-refractivity contribution is 5.89. The summed E-state index contributed by atoms with van der Waals surface area (Å²) in [5.41, 5.74) is 2.04. The van der Waals surface area contributed by atoms with E-state index in [0.29, 0.717) is 22.7 Å². The Morgan fingerprint density at radius 1 is 1.21 bits per heavy atom. The van der Waals surface area contributed by atoms with Gasteiger partial charge in [0.15, 0.2) is 0 Å². The van der Waals surface area contributed by atoms with E-state index < -0.39 is 5.97 Å². The van der Waals surface area contributed by atoms with Crippen LogP contribution in [0, 0.1) is 6.92 Å². The average molecular weight is 324 g/mol. The Balaban J connectivity index is 1.78. The molecule has 0 radical (unpaired) electrons. The second-order valence-electron chi connectivity index (χ2n) is 5.28. The zero-order valence-electron chi connectivity index (χ0n) is 13.4. The van der Waals surface area contributed by atoms with Gasteiger partial charge in [0.1, 0.15) is 18.0 Å². The molecule has 0 saturated carbocycles. The van der Waals surface area contributed by atoms with E-state index in [4.69, 9.17) is 9.47 Å². The van der Waals surface area contributed by atoms with Gasteiger partial charge in [0, 0.05) is 12.3 Å². The summed E-state index contributed by atoms with van der Waals surface area (Å²) < 4.78 is 11.7. The molecule has 122 valence electrons. The molecule has 1 aromatic carbocycles. The number of esters is 1. The predicted molar refractivity (Wildman–Crippen MR) is 88.3 cm³/mol. The lowest BCUT2D eigenvalue weighted by atomic mass is 10.2. The Bertz CT molecular complexity index is 945. The van der Waals surface area contributed by atoms with Gasteiger partial charge in [-0.25, -0.2) is 9.78 Å². The van der Waals surface area contributed by atoms with Gasteiger partial charge in [0.05, 0.1) is 18.4 Å². The van der Waals surface area contributed by atoms with Crippen LogP contribution in [0.4, 0.5) is 0 Å². The van der Waals surface area contributed by atoms with Crippen molar-refractivity contribution >= 4 is 11.6 Å². The molecule has 2 heterocycles. The molecule has 0 atom stereocenters. The van der Waals surface area contributed by atoms with Gasteiger partial charge in [-0.3, -0.25) is 9.20 Å². The number of carbonyl (C=O) groups is 1. The van der Waals surface area contributed by atoms with E-state index in [2.05, 4.69) is 4.98 Å². The number of hydrogen-bond donors (Lipinski definition) is 0. The molecule has 0 aliphatic carbocycles. The van der Waals surface area contributed by atoms with E-state index in [1.54, 1.807) is 43.6 Å². The fraction of sp³-hybridized carbons (Fsp3) is 0.167. The van der Waals surface area contributed by atoms with Gasteiger partial charge in [-0.15, -0.1) is 0 Å².